The molecule has 21 heavy (non-hydrogen) atoms. The van der Waals surface area contributed by atoms with E-state index in [1.807, 2.05) is 18.2 Å². The maximum atomic E-state index is 11.7. The van der Waals surface area contributed by atoms with E-state index in [-0.39, 0.29) is 18.0 Å². The molecule has 0 spiro atoms. The van der Waals surface area contributed by atoms with Gasteiger partial charge in [0.2, 0.25) is 0 Å². The van der Waals surface area contributed by atoms with Gasteiger partial charge in [-0.25, -0.2) is 4.79 Å². The van der Waals surface area contributed by atoms with E-state index in [2.05, 4.69) is 15.2 Å². The van der Waals surface area contributed by atoms with E-state index in [9.17, 15) is 9.59 Å². The number of nitrogens with zero attached hydrogens (tertiary/aromatic N) is 1. The molecule has 3 rings (SSSR count). The smallest absolute Gasteiger partial charge is 0.341 e. The number of carboxylic acids is 1. The van der Waals surface area contributed by atoms with Crippen LogP contribution in [0.4, 0.5) is 5.69 Å². The van der Waals surface area contributed by atoms with Gasteiger partial charge in [0.15, 0.2) is 0 Å². The van der Waals surface area contributed by atoms with Crippen molar-refractivity contribution in [3.05, 3.63) is 40.2 Å². The van der Waals surface area contributed by atoms with Crippen molar-refractivity contribution in [1.29, 1.82) is 0 Å². The molecule has 1 aromatic heterocycles. The van der Waals surface area contributed by atoms with Crippen LogP contribution in [-0.4, -0.2) is 42.2 Å². The van der Waals surface area contributed by atoms with Gasteiger partial charge in [-0.3, -0.25) is 4.79 Å². The molecule has 1 aromatic carbocycles. The van der Waals surface area contributed by atoms with E-state index in [1.165, 1.54) is 6.07 Å². The first-order valence-corrected chi connectivity index (χ1v) is 6.51. The molecule has 0 unspecified atom stereocenters. The number of aromatic nitrogens is 1. The summed E-state index contributed by atoms with van der Waals surface area (Å²) in [7, 11) is 0. The maximum absolute atomic E-state index is 11.7. The zero-order chi connectivity index (χ0) is 14.1. The minimum Gasteiger partial charge on any atom is -0.477 e. The third kappa shape index (κ3) is 3.01. The lowest BCUT2D eigenvalue weighted by molar-refractivity contribution is 0.0695. The number of aromatic amines is 1. The highest BCUT2D eigenvalue weighted by atomic mass is 35.5. The van der Waals surface area contributed by atoms with Gasteiger partial charge in [0.1, 0.15) is 5.56 Å². The van der Waals surface area contributed by atoms with Crippen molar-refractivity contribution < 1.29 is 9.90 Å². The lowest BCUT2D eigenvalue weighted by Gasteiger charge is -2.29. The molecule has 0 aliphatic carbocycles. The van der Waals surface area contributed by atoms with Crippen molar-refractivity contribution in [2.75, 3.05) is 31.1 Å². The Morgan fingerprint density at radius 3 is 2.57 bits per heavy atom. The second-order valence-electron chi connectivity index (χ2n) is 4.83. The molecule has 0 radical (unpaired) electrons. The molecule has 1 aliphatic rings. The summed E-state index contributed by atoms with van der Waals surface area (Å²) in [4.78, 5) is 27.5. The summed E-state index contributed by atoms with van der Waals surface area (Å²) < 4.78 is 0. The van der Waals surface area contributed by atoms with Crippen molar-refractivity contribution in [3.63, 3.8) is 0 Å². The van der Waals surface area contributed by atoms with Crippen LogP contribution in [-0.2, 0) is 0 Å². The number of aromatic carboxylic acids is 1. The Balaban J connectivity index is 0.00000161. The fourth-order valence-corrected chi connectivity index (χ4v) is 2.47. The Bertz CT molecular complexity index is 723. The Kier molecular flexibility index (Phi) is 4.50. The second kappa shape index (κ2) is 6.15. The van der Waals surface area contributed by atoms with Gasteiger partial charge in [0, 0.05) is 31.9 Å². The summed E-state index contributed by atoms with van der Waals surface area (Å²) in [5.74, 6) is -1.21. The van der Waals surface area contributed by atoms with E-state index in [0.29, 0.717) is 5.52 Å². The standard InChI is InChI=1S/C14H15N3O3.ClH/c18-13-11(14(19)20)7-9-1-2-10(8-12(9)16-13)17-5-3-15-4-6-17;/h1-2,7-8,15H,3-6H2,(H,16,18)(H,19,20);1H. The Morgan fingerprint density at radius 2 is 1.90 bits per heavy atom. The zero-order valence-electron chi connectivity index (χ0n) is 11.3. The Hall–Kier alpha value is -2.05. The number of benzene rings is 1. The molecular weight excluding hydrogens is 294 g/mol. The van der Waals surface area contributed by atoms with E-state index < -0.39 is 11.5 Å². The highest BCUT2D eigenvalue weighted by Crippen LogP contribution is 2.21. The molecule has 0 bridgehead atoms. The van der Waals surface area contributed by atoms with Crippen LogP contribution in [0.3, 0.4) is 0 Å². The number of H-pyrrole nitrogens is 1. The van der Waals surface area contributed by atoms with Crippen LogP contribution in [0.15, 0.2) is 29.1 Å². The number of hydrogen-bond donors (Lipinski definition) is 3. The number of pyridine rings is 1. The third-order valence-corrected chi connectivity index (χ3v) is 3.54. The normalized spacial score (nSPS) is 14.8. The fourth-order valence-electron chi connectivity index (χ4n) is 2.47. The van der Waals surface area contributed by atoms with Crippen molar-refractivity contribution in [1.82, 2.24) is 10.3 Å². The number of anilines is 1. The maximum Gasteiger partial charge on any atom is 0.341 e. The summed E-state index contributed by atoms with van der Waals surface area (Å²) in [5.41, 5.74) is 0.906. The first-order valence-electron chi connectivity index (χ1n) is 6.51. The molecule has 2 heterocycles. The van der Waals surface area contributed by atoms with Gasteiger partial charge in [-0.05, 0) is 23.6 Å². The topological polar surface area (TPSA) is 85.4 Å². The molecule has 6 nitrogen and oxygen atoms in total. The van der Waals surface area contributed by atoms with Crippen molar-refractivity contribution >= 4 is 35.0 Å². The van der Waals surface area contributed by atoms with Gasteiger partial charge >= 0.3 is 5.97 Å². The van der Waals surface area contributed by atoms with Gasteiger partial charge in [-0.1, -0.05) is 6.07 Å². The molecule has 2 aromatic rings. The molecule has 112 valence electrons. The Morgan fingerprint density at radius 1 is 1.19 bits per heavy atom. The number of carbonyl (C=O) groups is 1. The van der Waals surface area contributed by atoms with Crippen LogP contribution in [0, 0.1) is 0 Å². The lowest BCUT2D eigenvalue weighted by atomic mass is 10.1. The molecule has 0 amide bonds. The molecular formula is C14H16ClN3O3. The zero-order valence-corrected chi connectivity index (χ0v) is 12.1. The first-order chi connectivity index (χ1) is 9.65. The molecule has 3 N–H and O–H groups in total. The molecule has 1 aliphatic heterocycles. The van der Waals surface area contributed by atoms with Crippen LogP contribution < -0.4 is 15.8 Å². The highest BCUT2D eigenvalue weighted by molar-refractivity contribution is 5.93. The number of nitrogens with one attached hydrogen (secondary N) is 2. The van der Waals surface area contributed by atoms with Crippen LogP contribution in [0.5, 0.6) is 0 Å². The number of halogens is 1. The minimum atomic E-state index is -1.21. The summed E-state index contributed by atoms with van der Waals surface area (Å²) >= 11 is 0. The predicted octanol–water partition coefficient (Wildman–Crippen LogP) is 1.06. The van der Waals surface area contributed by atoms with Gasteiger partial charge in [-0.15, -0.1) is 12.4 Å². The highest BCUT2D eigenvalue weighted by Gasteiger charge is 2.13. The third-order valence-electron chi connectivity index (χ3n) is 3.54. The van der Waals surface area contributed by atoms with E-state index in [1.54, 1.807) is 0 Å². The summed E-state index contributed by atoms with van der Waals surface area (Å²) in [6.45, 7) is 3.71. The molecule has 1 saturated heterocycles. The number of rotatable bonds is 2. The van der Waals surface area contributed by atoms with E-state index in [0.717, 1.165) is 37.3 Å². The van der Waals surface area contributed by atoms with Gasteiger partial charge in [0.25, 0.3) is 5.56 Å². The quantitative estimate of drug-likeness (QED) is 0.772. The molecule has 0 atom stereocenters. The number of hydrogen-bond acceptors (Lipinski definition) is 4. The van der Waals surface area contributed by atoms with Gasteiger partial charge in [-0.2, -0.15) is 0 Å². The van der Waals surface area contributed by atoms with E-state index >= 15 is 0 Å². The fraction of sp³-hybridized carbons (Fsp3) is 0.286. The summed E-state index contributed by atoms with van der Waals surface area (Å²) in [5, 5.41) is 13.0. The molecule has 0 saturated carbocycles. The van der Waals surface area contributed by atoms with Crippen molar-refractivity contribution in [2.24, 2.45) is 0 Å². The number of piperazine rings is 1. The Labute approximate surface area is 127 Å². The summed E-state index contributed by atoms with van der Waals surface area (Å²) in [6.07, 6.45) is 0. The van der Waals surface area contributed by atoms with Crippen molar-refractivity contribution in [3.8, 4) is 0 Å². The SMILES string of the molecule is Cl.O=C(O)c1cc2ccc(N3CCNCC3)cc2[nH]c1=O. The van der Waals surface area contributed by atoms with Crippen LogP contribution in [0.25, 0.3) is 10.9 Å². The van der Waals surface area contributed by atoms with E-state index in [4.69, 9.17) is 5.11 Å². The van der Waals surface area contributed by atoms with Crippen LogP contribution >= 0.6 is 12.4 Å². The number of fused-ring (bicyclic) bond motifs is 1. The predicted molar refractivity (Wildman–Crippen MR) is 83.9 cm³/mol. The average Bonchev–Trinajstić information content (AvgIpc) is 2.46. The lowest BCUT2D eigenvalue weighted by Crippen LogP contribution is -2.43. The first kappa shape index (κ1) is 15.3. The molecule has 7 heteroatoms. The largest absolute Gasteiger partial charge is 0.477 e. The minimum absolute atomic E-state index is 0. The van der Waals surface area contributed by atoms with Gasteiger partial charge in [0.05, 0.1) is 5.52 Å². The van der Waals surface area contributed by atoms with Gasteiger partial charge < -0.3 is 20.3 Å². The van der Waals surface area contributed by atoms with Crippen LogP contribution in [0.2, 0.25) is 0 Å². The van der Waals surface area contributed by atoms with Crippen molar-refractivity contribution in [2.45, 2.75) is 0 Å². The molecule has 1 fully saturated rings. The second-order valence-corrected chi connectivity index (χ2v) is 4.83. The van der Waals surface area contributed by atoms with Crippen LogP contribution in [0.1, 0.15) is 10.4 Å². The average molecular weight is 310 g/mol. The monoisotopic (exact) mass is 309 g/mol. The number of carboxylic acid groups (broad SMARTS) is 1. The summed E-state index contributed by atoms with van der Waals surface area (Å²) in [6, 6.07) is 7.11.